The van der Waals surface area contributed by atoms with Gasteiger partial charge in [-0.2, -0.15) is 0 Å². The van der Waals surface area contributed by atoms with Crippen molar-refractivity contribution in [1.82, 2.24) is 19.8 Å². The van der Waals surface area contributed by atoms with Gasteiger partial charge in [0.05, 0.1) is 0 Å². The monoisotopic (exact) mass is 526 g/mol. The molecule has 0 spiro atoms. The van der Waals surface area contributed by atoms with Crippen molar-refractivity contribution < 1.29 is 9.59 Å². The van der Waals surface area contributed by atoms with Crippen molar-refractivity contribution in [2.45, 2.75) is 44.7 Å². The van der Waals surface area contributed by atoms with Gasteiger partial charge in [0.2, 0.25) is 17.8 Å². The number of hydrogen-bond donors (Lipinski definition) is 0. The first kappa shape index (κ1) is 23.2. The van der Waals surface area contributed by atoms with Crippen LogP contribution in [0.25, 0.3) is 0 Å². The molecular weight excluding hydrogens is 496 g/mol. The number of fused-ring (bicyclic) bond motifs is 2. The van der Waals surface area contributed by atoms with E-state index < -0.39 is 0 Å². The van der Waals surface area contributed by atoms with Gasteiger partial charge in [-0.1, -0.05) is 22.4 Å². The molecule has 0 N–H and O–H groups in total. The summed E-state index contributed by atoms with van der Waals surface area (Å²) in [6.45, 7) is 6.25. The first-order chi connectivity index (χ1) is 16.6. The normalized spacial score (nSPS) is 21.0. The molecule has 5 rings (SSSR count). The number of rotatable bonds is 7. The Morgan fingerprint density at radius 2 is 1.74 bits per heavy atom. The first-order valence-corrected chi connectivity index (χ1v) is 13.0. The summed E-state index contributed by atoms with van der Waals surface area (Å²) in [6, 6.07) is 7.57. The van der Waals surface area contributed by atoms with E-state index in [-0.39, 0.29) is 17.9 Å². The standard InChI is InChI=1S/C25H31BrN6O2/c26-20-5-6-21-19(17-20)18-32-22(7-8-23(32)33)24(34)31(21)12-3-1-2-11-29-13-15-30(16-14-29)25-27-9-4-10-28-25/h4-6,9-10,17,22H,1-3,7-8,11-16,18H2/t22-/m1/s1. The maximum Gasteiger partial charge on any atom is 0.249 e. The Balaban J connectivity index is 1.12. The molecule has 0 aliphatic carbocycles. The Morgan fingerprint density at radius 3 is 2.53 bits per heavy atom. The number of anilines is 2. The zero-order chi connectivity index (χ0) is 23.5. The highest BCUT2D eigenvalue weighted by Gasteiger charge is 2.41. The molecule has 3 aliphatic heterocycles. The largest absolute Gasteiger partial charge is 0.338 e. The Morgan fingerprint density at radius 1 is 0.971 bits per heavy atom. The van der Waals surface area contributed by atoms with Crippen molar-refractivity contribution in [3.8, 4) is 0 Å². The van der Waals surface area contributed by atoms with Crippen LogP contribution in [0.1, 0.15) is 37.7 Å². The van der Waals surface area contributed by atoms with Gasteiger partial charge < -0.3 is 14.7 Å². The molecule has 2 fully saturated rings. The van der Waals surface area contributed by atoms with Gasteiger partial charge >= 0.3 is 0 Å². The molecule has 4 heterocycles. The molecule has 1 aromatic heterocycles. The summed E-state index contributed by atoms with van der Waals surface area (Å²) in [5.74, 6) is 0.982. The summed E-state index contributed by atoms with van der Waals surface area (Å²) in [5, 5.41) is 0. The van der Waals surface area contributed by atoms with Gasteiger partial charge in [0.25, 0.3) is 0 Å². The summed E-state index contributed by atoms with van der Waals surface area (Å²) in [4.78, 5) is 42.9. The minimum absolute atomic E-state index is 0.0752. The molecule has 9 heteroatoms. The van der Waals surface area contributed by atoms with Crippen LogP contribution in [0.2, 0.25) is 0 Å². The highest BCUT2D eigenvalue weighted by molar-refractivity contribution is 9.10. The van der Waals surface area contributed by atoms with E-state index in [2.05, 4.69) is 35.7 Å². The summed E-state index contributed by atoms with van der Waals surface area (Å²) >= 11 is 3.55. The lowest BCUT2D eigenvalue weighted by Gasteiger charge is -2.34. The molecule has 2 aromatic rings. The molecular formula is C25H31BrN6O2. The topological polar surface area (TPSA) is 72.9 Å². The predicted molar refractivity (Wildman–Crippen MR) is 135 cm³/mol. The molecule has 2 saturated heterocycles. The van der Waals surface area contributed by atoms with Gasteiger partial charge in [0.15, 0.2) is 0 Å². The third kappa shape index (κ3) is 4.95. The molecule has 3 aliphatic rings. The SMILES string of the molecule is O=C1[C@H]2CCC(=O)N2Cc2cc(Br)ccc2N1CCCCCN1CCN(c2ncccn2)CC1. The van der Waals surface area contributed by atoms with Crippen molar-refractivity contribution in [2.24, 2.45) is 0 Å². The minimum Gasteiger partial charge on any atom is -0.338 e. The lowest BCUT2D eigenvalue weighted by molar-refractivity contribution is -0.134. The van der Waals surface area contributed by atoms with Crippen LogP contribution in [0.3, 0.4) is 0 Å². The van der Waals surface area contributed by atoms with Crippen LogP contribution >= 0.6 is 15.9 Å². The molecule has 8 nitrogen and oxygen atoms in total. The first-order valence-electron chi connectivity index (χ1n) is 12.2. The van der Waals surface area contributed by atoms with E-state index >= 15 is 0 Å². The number of carbonyl (C=O) groups excluding carboxylic acids is 2. The van der Waals surface area contributed by atoms with E-state index in [1.54, 1.807) is 17.3 Å². The molecule has 1 atom stereocenters. The Kier molecular flexibility index (Phi) is 7.10. The Bertz CT molecular complexity index is 1030. The highest BCUT2D eigenvalue weighted by atomic mass is 79.9. The quantitative estimate of drug-likeness (QED) is 0.516. The van der Waals surface area contributed by atoms with Crippen LogP contribution < -0.4 is 9.80 Å². The summed E-state index contributed by atoms with van der Waals surface area (Å²) in [5.41, 5.74) is 2.00. The average Bonchev–Trinajstić information content (AvgIpc) is 3.17. The van der Waals surface area contributed by atoms with Crippen LogP contribution in [-0.4, -0.2) is 76.9 Å². The van der Waals surface area contributed by atoms with E-state index in [9.17, 15) is 9.59 Å². The zero-order valence-corrected chi connectivity index (χ0v) is 21.0. The lowest BCUT2D eigenvalue weighted by atomic mass is 10.1. The molecule has 0 unspecified atom stereocenters. The Hall–Kier alpha value is -2.52. The second kappa shape index (κ2) is 10.4. The third-order valence-electron chi connectivity index (χ3n) is 7.12. The van der Waals surface area contributed by atoms with Gasteiger partial charge in [-0.05, 0) is 55.6 Å². The number of unbranched alkanes of at least 4 members (excludes halogenated alkanes) is 2. The van der Waals surface area contributed by atoms with Gasteiger partial charge in [0.1, 0.15) is 6.04 Å². The van der Waals surface area contributed by atoms with Crippen molar-refractivity contribution >= 4 is 39.4 Å². The number of hydrogen-bond acceptors (Lipinski definition) is 6. The van der Waals surface area contributed by atoms with Gasteiger partial charge in [-0.3, -0.25) is 14.5 Å². The molecule has 180 valence electrons. The maximum absolute atomic E-state index is 13.4. The fourth-order valence-electron chi connectivity index (χ4n) is 5.25. The fourth-order valence-corrected chi connectivity index (χ4v) is 5.66. The number of amides is 2. The number of halogens is 1. The zero-order valence-electron chi connectivity index (χ0n) is 19.4. The van der Waals surface area contributed by atoms with Crippen molar-refractivity contribution in [3.05, 3.63) is 46.7 Å². The lowest BCUT2D eigenvalue weighted by Crippen LogP contribution is -2.47. The molecule has 0 radical (unpaired) electrons. The van der Waals surface area contributed by atoms with E-state index in [0.29, 0.717) is 25.9 Å². The van der Waals surface area contributed by atoms with Crippen molar-refractivity contribution in [3.63, 3.8) is 0 Å². The summed E-state index contributed by atoms with van der Waals surface area (Å²) in [6.07, 6.45) is 7.84. The van der Waals surface area contributed by atoms with Crippen LogP contribution in [0.15, 0.2) is 41.1 Å². The van der Waals surface area contributed by atoms with Gasteiger partial charge in [0, 0.05) is 68.2 Å². The minimum atomic E-state index is -0.316. The third-order valence-corrected chi connectivity index (χ3v) is 7.61. The van der Waals surface area contributed by atoms with Gasteiger partial charge in [-0.15, -0.1) is 0 Å². The highest BCUT2D eigenvalue weighted by Crippen LogP contribution is 2.34. The van der Waals surface area contributed by atoms with Crippen LogP contribution in [0.4, 0.5) is 11.6 Å². The van der Waals surface area contributed by atoms with Crippen LogP contribution in [-0.2, 0) is 16.1 Å². The van der Waals surface area contributed by atoms with Crippen LogP contribution in [0.5, 0.6) is 0 Å². The number of piperazine rings is 1. The van der Waals surface area contributed by atoms with Crippen molar-refractivity contribution in [2.75, 3.05) is 49.1 Å². The van der Waals surface area contributed by atoms with Crippen molar-refractivity contribution in [1.29, 1.82) is 0 Å². The summed E-state index contributed by atoms with van der Waals surface area (Å²) in [7, 11) is 0. The van der Waals surface area contributed by atoms with E-state index in [1.165, 1.54) is 0 Å². The number of carbonyl (C=O) groups is 2. The van der Waals surface area contributed by atoms with Gasteiger partial charge in [-0.25, -0.2) is 9.97 Å². The van der Waals surface area contributed by atoms with E-state index in [1.807, 2.05) is 29.2 Å². The second-order valence-electron chi connectivity index (χ2n) is 9.28. The Labute approximate surface area is 209 Å². The molecule has 34 heavy (non-hydrogen) atoms. The number of aromatic nitrogens is 2. The van der Waals surface area contributed by atoms with E-state index in [0.717, 1.165) is 73.7 Å². The van der Waals surface area contributed by atoms with E-state index in [4.69, 9.17) is 0 Å². The second-order valence-corrected chi connectivity index (χ2v) is 10.2. The molecule has 0 bridgehead atoms. The predicted octanol–water partition coefficient (Wildman–Crippen LogP) is 3.07. The number of nitrogens with zero attached hydrogens (tertiary/aromatic N) is 6. The summed E-state index contributed by atoms with van der Waals surface area (Å²) < 4.78 is 0.975. The molecule has 1 aromatic carbocycles. The number of benzene rings is 1. The average molecular weight is 527 g/mol. The van der Waals surface area contributed by atoms with Crippen LogP contribution in [0, 0.1) is 0 Å². The smallest absolute Gasteiger partial charge is 0.249 e. The fraction of sp³-hybridized carbons (Fsp3) is 0.520. The molecule has 2 amide bonds. The molecule has 0 saturated carbocycles. The maximum atomic E-state index is 13.4.